The topological polar surface area (TPSA) is 113 Å². The molecule has 4 N–H and O–H groups in total. The Morgan fingerprint density at radius 1 is 1.55 bits per heavy atom. The van der Waals surface area contributed by atoms with Crippen molar-refractivity contribution < 1.29 is 9.53 Å². The molecule has 0 bridgehead atoms. The van der Waals surface area contributed by atoms with Crippen LogP contribution in [0.2, 0.25) is 0 Å². The maximum Gasteiger partial charge on any atom is 0.324 e. The number of esters is 1. The third-order valence-corrected chi connectivity index (χ3v) is 3.79. The van der Waals surface area contributed by atoms with Gasteiger partial charge < -0.3 is 10.5 Å². The number of rotatable bonds is 2. The molecule has 0 saturated carbocycles. The lowest BCUT2D eigenvalue weighted by Crippen LogP contribution is -2.39. The number of nitrogens with two attached hydrogens (primary N) is 1. The Labute approximate surface area is 129 Å². The fourth-order valence-corrected chi connectivity index (χ4v) is 2.52. The van der Waals surface area contributed by atoms with E-state index < -0.39 is 6.04 Å². The number of aromatic nitrogens is 1. The Hall–Kier alpha value is -2.17. The van der Waals surface area contributed by atoms with Crippen LogP contribution in [-0.4, -0.2) is 30.6 Å². The molecule has 1 aromatic rings. The van der Waals surface area contributed by atoms with Crippen LogP contribution >= 0.6 is 0 Å². The highest BCUT2D eigenvalue weighted by Crippen LogP contribution is 2.32. The van der Waals surface area contributed by atoms with Crippen LogP contribution in [0.4, 0.5) is 5.82 Å². The smallest absolute Gasteiger partial charge is 0.324 e. The van der Waals surface area contributed by atoms with Gasteiger partial charge in [-0.05, 0) is 11.6 Å². The number of ether oxygens (including phenoxy) is 1. The Morgan fingerprint density at radius 3 is 2.77 bits per heavy atom. The number of hydrazine groups is 1. The van der Waals surface area contributed by atoms with Crippen molar-refractivity contribution in [2.45, 2.75) is 38.1 Å². The van der Waals surface area contributed by atoms with Gasteiger partial charge in [-0.15, -0.1) is 0 Å². The maximum atomic E-state index is 11.9. The Bertz CT molecular complexity index is 630. The monoisotopic (exact) mass is 303 g/mol. The SMILES string of the molecule is COC(=O)C1NNCC1c1cc(C(C)(C)C)nc(N)c1C#N. The van der Waals surface area contributed by atoms with E-state index in [1.54, 1.807) is 0 Å². The molecule has 0 aliphatic carbocycles. The van der Waals surface area contributed by atoms with E-state index in [1.807, 2.05) is 26.8 Å². The number of methoxy groups -OCH3 is 1. The van der Waals surface area contributed by atoms with Crippen LogP contribution in [0, 0.1) is 11.3 Å². The minimum absolute atomic E-state index is 0.195. The fourth-order valence-electron chi connectivity index (χ4n) is 2.52. The molecule has 22 heavy (non-hydrogen) atoms. The minimum Gasteiger partial charge on any atom is -0.468 e. The van der Waals surface area contributed by atoms with Gasteiger partial charge in [0, 0.05) is 23.6 Å². The molecule has 0 aromatic carbocycles. The quantitative estimate of drug-likeness (QED) is 0.684. The number of nitrogen functional groups attached to an aromatic ring is 1. The summed E-state index contributed by atoms with van der Waals surface area (Å²) in [5, 5.41) is 9.41. The molecule has 1 saturated heterocycles. The highest BCUT2D eigenvalue weighted by Gasteiger charge is 2.37. The first kappa shape index (κ1) is 16.2. The van der Waals surface area contributed by atoms with Gasteiger partial charge in [-0.1, -0.05) is 20.8 Å². The van der Waals surface area contributed by atoms with E-state index in [4.69, 9.17) is 10.5 Å². The highest BCUT2D eigenvalue weighted by molar-refractivity contribution is 5.78. The lowest BCUT2D eigenvalue weighted by atomic mass is 9.85. The molecule has 2 rings (SSSR count). The zero-order valence-corrected chi connectivity index (χ0v) is 13.2. The summed E-state index contributed by atoms with van der Waals surface area (Å²) in [6.45, 7) is 6.57. The lowest BCUT2D eigenvalue weighted by molar-refractivity contribution is -0.143. The molecule has 1 aliphatic heterocycles. The lowest BCUT2D eigenvalue weighted by Gasteiger charge is -2.23. The minimum atomic E-state index is -0.563. The van der Waals surface area contributed by atoms with Crippen LogP contribution < -0.4 is 16.6 Å². The molecule has 118 valence electrons. The van der Waals surface area contributed by atoms with Crippen molar-refractivity contribution in [2.75, 3.05) is 19.4 Å². The standard InChI is InChI=1S/C15H21N5O2/c1-15(2,3)11-5-8(9(6-16)13(17)19-11)10-7-18-20-12(10)14(21)22-4/h5,10,12,18,20H,7H2,1-4H3,(H2,17,19). The molecule has 2 heterocycles. The number of nitrogens with zero attached hydrogens (tertiary/aromatic N) is 2. The zero-order valence-electron chi connectivity index (χ0n) is 13.2. The number of nitriles is 1. The number of hydrogen-bond donors (Lipinski definition) is 3. The van der Waals surface area contributed by atoms with E-state index in [0.717, 1.165) is 5.69 Å². The van der Waals surface area contributed by atoms with Gasteiger partial charge in [0.05, 0.1) is 12.7 Å². The van der Waals surface area contributed by atoms with Crippen molar-refractivity contribution in [3.63, 3.8) is 0 Å². The van der Waals surface area contributed by atoms with E-state index in [2.05, 4.69) is 21.9 Å². The van der Waals surface area contributed by atoms with E-state index in [-0.39, 0.29) is 23.1 Å². The molecule has 7 nitrogen and oxygen atoms in total. The van der Waals surface area contributed by atoms with Gasteiger partial charge in [-0.3, -0.25) is 10.2 Å². The van der Waals surface area contributed by atoms with E-state index in [1.165, 1.54) is 7.11 Å². The molecule has 7 heteroatoms. The van der Waals surface area contributed by atoms with Crippen LogP contribution in [0.5, 0.6) is 0 Å². The fraction of sp³-hybridized carbons (Fsp3) is 0.533. The third kappa shape index (κ3) is 2.89. The van der Waals surface area contributed by atoms with Crippen molar-refractivity contribution >= 4 is 11.8 Å². The first-order chi connectivity index (χ1) is 10.3. The van der Waals surface area contributed by atoms with Gasteiger partial charge in [0.15, 0.2) is 0 Å². The summed E-state index contributed by atoms with van der Waals surface area (Å²) in [7, 11) is 1.34. The zero-order chi connectivity index (χ0) is 16.5. The molecule has 0 radical (unpaired) electrons. The average Bonchev–Trinajstić information content (AvgIpc) is 2.93. The Kier molecular flexibility index (Phi) is 4.35. The number of pyridine rings is 1. The van der Waals surface area contributed by atoms with Crippen LogP contribution in [0.3, 0.4) is 0 Å². The summed E-state index contributed by atoms with van der Waals surface area (Å²) in [5.41, 5.74) is 13.4. The van der Waals surface area contributed by atoms with E-state index >= 15 is 0 Å². The summed E-state index contributed by atoms with van der Waals surface area (Å²) in [5.74, 6) is -0.430. The van der Waals surface area contributed by atoms with Crippen molar-refractivity contribution in [3.8, 4) is 6.07 Å². The van der Waals surface area contributed by atoms with E-state index in [0.29, 0.717) is 17.7 Å². The summed E-state index contributed by atoms with van der Waals surface area (Å²) < 4.78 is 4.82. The van der Waals surface area contributed by atoms with Gasteiger partial charge >= 0.3 is 5.97 Å². The van der Waals surface area contributed by atoms with Gasteiger partial charge in [0.2, 0.25) is 0 Å². The Balaban J connectivity index is 2.56. The second-order valence-corrected chi connectivity index (χ2v) is 6.35. The van der Waals surface area contributed by atoms with Crippen LogP contribution in [0.1, 0.15) is 43.5 Å². The summed E-state index contributed by atoms with van der Waals surface area (Å²) >= 11 is 0. The normalized spacial score (nSPS) is 21.4. The second-order valence-electron chi connectivity index (χ2n) is 6.35. The molecular formula is C15H21N5O2. The predicted molar refractivity (Wildman–Crippen MR) is 81.7 cm³/mol. The molecule has 2 atom stereocenters. The number of nitrogens with one attached hydrogen (secondary N) is 2. The largest absolute Gasteiger partial charge is 0.468 e. The third-order valence-electron chi connectivity index (χ3n) is 3.79. The van der Waals surface area contributed by atoms with Crippen LogP contribution in [-0.2, 0) is 14.9 Å². The summed E-state index contributed by atoms with van der Waals surface area (Å²) in [4.78, 5) is 16.2. The van der Waals surface area contributed by atoms with Gasteiger partial charge in [0.25, 0.3) is 0 Å². The van der Waals surface area contributed by atoms with Crippen molar-refractivity contribution in [1.29, 1.82) is 5.26 Å². The summed E-state index contributed by atoms with van der Waals surface area (Å²) in [6.07, 6.45) is 0. The van der Waals surface area contributed by atoms with E-state index in [9.17, 15) is 10.1 Å². The van der Waals surface area contributed by atoms with Crippen molar-refractivity contribution in [2.24, 2.45) is 0 Å². The highest BCUT2D eigenvalue weighted by atomic mass is 16.5. The predicted octanol–water partition coefficient (Wildman–Crippen LogP) is 0.566. The number of carbonyl (C=O) groups is 1. The Morgan fingerprint density at radius 2 is 2.23 bits per heavy atom. The molecule has 1 aromatic heterocycles. The molecule has 2 unspecified atom stereocenters. The molecule has 0 spiro atoms. The van der Waals surface area contributed by atoms with Gasteiger partial charge in [-0.25, -0.2) is 10.4 Å². The number of hydrogen-bond acceptors (Lipinski definition) is 7. The molecular weight excluding hydrogens is 282 g/mol. The molecule has 1 fully saturated rings. The number of anilines is 1. The van der Waals surface area contributed by atoms with Gasteiger partial charge in [-0.2, -0.15) is 5.26 Å². The average molecular weight is 303 g/mol. The maximum absolute atomic E-state index is 11.9. The van der Waals surface area contributed by atoms with Crippen molar-refractivity contribution in [3.05, 3.63) is 22.9 Å². The first-order valence-electron chi connectivity index (χ1n) is 7.06. The van der Waals surface area contributed by atoms with Crippen LogP contribution in [0.25, 0.3) is 0 Å². The van der Waals surface area contributed by atoms with Gasteiger partial charge in [0.1, 0.15) is 17.9 Å². The number of carbonyl (C=O) groups excluding carboxylic acids is 1. The van der Waals surface area contributed by atoms with Crippen molar-refractivity contribution in [1.82, 2.24) is 15.8 Å². The van der Waals surface area contributed by atoms with Crippen LogP contribution in [0.15, 0.2) is 6.07 Å². The molecule has 0 amide bonds. The first-order valence-corrected chi connectivity index (χ1v) is 7.06. The molecule has 1 aliphatic rings. The summed E-state index contributed by atoms with van der Waals surface area (Å²) in [6, 6.07) is 3.40. The second kappa shape index (κ2) is 5.91.